The van der Waals surface area contributed by atoms with Gasteiger partial charge in [0.15, 0.2) is 0 Å². The van der Waals surface area contributed by atoms with Crippen molar-refractivity contribution in [3.63, 3.8) is 0 Å². The zero-order chi connectivity index (χ0) is 23.3. The highest BCUT2D eigenvalue weighted by molar-refractivity contribution is 5.78. The zero-order valence-electron chi connectivity index (χ0n) is 19.6. The Balaban J connectivity index is 1.74. The third kappa shape index (κ3) is 5.62. The number of nitrogens with zero attached hydrogens (tertiary/aromatic N) is 4. The maximum Gasteiger partial charge on any atom is 0.258 e. The Morgan fingerprint density at radius 2 is 2.00 bits per heavy atom. The van der Waals surface area contributed by atoms with Crippen molar-refractivity contribution in [1.82, 2.24) is 24.6 Å². The van der Waals surface area contributed by atoms with Crippen LogP contribution in [0, 0.1) is 19.8 Å². The first-order valence-electron chi connectivity index (χ1n) is 11.1. The molecule has 0 aliphatic heterocycles. The summed E-state index contributed by atoms with van der Waals surface area (Å²) >= 11 is 0. The number of amides is 1. The number of hydrogen-bond donors (Lipinski definition) is 1. The second-order valence-electron chi connectivity index (χ2n) is 8.56. The molecule has 0 radical (unpaired) electrons. The van der Waals surface area contributed by atoms with Crippen molar-refractivity contribution in [1.29, 1.82) is 0 Å². The van der Waals surface area contributed by atoms with E-state index in [9.17, 15) is 9.59 Å². The number of benzene rings is 1. The quantitative estimate of drug-likeness (QED) is 0.524. The lowest BCUT2D eigenvalue weighted by Gasteiger charge is -2.22. The first-order chi connectivity index (χ1) is 15.3. The molecule has 1 aromatic carbocycles. The van der Waals surface area contributed by atoms with Crippen molar-refractivity contribution < 1.29 is 9.53 Å². The van der Waals surface area contributed by atoms with E-state index in [1.54, 1.807) is 30.2 Å². The number of carbonyl (C=O) groups excluding carboxylic acids is 1. The third-order valence-corrected chi connectivity index (χ3v) is 5.58. The number of H-pyrrole nitrogens is 1. The van der Waals surface area contributed by atoms with E-state index in [1.807, 2.05) is 17.7 Å². The summed E-state index contributed by atoms with van der Waals surface area (Å²) < 4.78 is 7.23. The van der Waals surface area contributed by atoms with Crippen molar-refractivity contribution in [2.75, 3.05) is 20.3 Å². The highest BCUT2D eigenvalue weighted by Crippen LogP contribution is 2.17. The summed E-state index contributed by atoms with van der Waals surface area (Å²) in [5, 5.41) is 5.19. The summed E-state index contributed by atoms with van der Waals surface area (Å²) in [6.07, 6.45) is 0.982. The van der Waals surface area contributed by atoms with Gasteiger partial charge in [-0.25, -0.2) is 4.98 Å². The summed E-state index contributed by atoms with van der Waals surface area (Å²) in [5.41, 5.74) is 3.64. The number of methoxy groups -OCH3 is 1. The highest BCUT2D eigenvalue weighted by Gasteiger charge is 2.19. The van der Waals surface area contributed by atoms with Gasteiger partial charge in [0, 0.05) is 32.3 Å². The summed E-state index contributed by atoms with van der Waals surface area (Å²) in [4.78, 5) is 34.5. The van der Waals surface area contributed by atoms with Gasteiger partial charge < -0.3 is 14.6 Å². The van der Waals surface area contributed by atoms with E-state index in [2.05, 4.69) is 35.8 Å². The average Bonchev–Trinajstić information content (AvgIpc) is 3.01. The van der Waals surface area contributed by atoms with E-state index in [1.165, 1.54) is 0 Å². The number of carbonyl (C=O) groups is 1. The monoisotopic (exact) mass is 439 g/mol. The van der Waals surface area contributed by atoms with Crippen LogP contribution in [0.2, 0.25) is 0 Å². The number of rotatable bonds is 10. The topological polar surface area (TPSA) is 93.1 Å². The van der Waals surface area contributed by atoms with E-state index in [-0.39, 0.29) is 18.0 Å². The Morgan fingerprint density at radius 1 is 1.25 bits per heavy atom. The number of aryl methyl sites for hydroxylation is 1. The molecule has 0 saturated carbocycles. The minimum atomic E-state index is -0.200. The standard InChI is InChI=1S/C24H33N5O3/c1-16(2)14-29-18(4)19(17(3)27-29)10-11-23(30)28(12-13-32-5)15-22-25-21-9-7-6-8-20(21)24(31)26-22/h6-9,16H,10-15H2,1-5H3,(H,25,26,31). The van der Waals surface area contributed by atoms with Crippen LogP contribution in [0.1, 0.15) is 43.0 Å². The second-order valence-corrected chi connectivity index (χ2v) is 8.56. The Kier molecular flexibility index (Phi) is 7.80. The first kappa shape index (κ1) is 23.7. The summed E-state index contributed by atoms with van der Waals surface area (Å²) in [5.74, 6) is 0.965. The zero-order valence-corrected chi connectivity index (χ0v) is 19.6. The van der Waals surface area contributed by atoms with Gasteiger partial charge in [0.25, 0.3) is 5.56 Å². The molecule has 0 aliphatic rings. The van der Waals surface area contributed by atoms with Crippen molar-refractivity contribution >= 4 is 16.8 Å². The number of hydrogen-bond acceptors (Lipinski definition) is 5. The highest BCUT2D eigenvalue weighted by atomic mass is 16.5. The molecule has 2 heterocycles. The molecule has 0 unspecified atom stereocenters. The molecule has 0 fully saturated rings. The van der Waals surface area contributed by atoms with Crippen molar-refractivity contribution in [3.05, 3.63) is 57.4 Å². The molecule has 2 aromatic heterocycles. The van der Waals surface area contributed by atoms with Gasteiger partial charge in [-0.05, 0) is 43.9 Å². The molecule has 8 heteroatoms. The lowest BCUT2D eigenvalue weighted by Crippen LogP contribution is -2.35. The van der Waals surface area contributed by atoms with Crippen LogP contribution in [-0.2, 0) is 29.0 Å². The van der Waals surface area contributed by atoms with Crippen LogP contribution in [-0.4, -0.2) is 50.8 Å². The third-order valence-electron chi connectivity index (χ3n) is 5.58. The fraction of sp³-hybridized carbons (Fsp3) is 0.500. The maximum atomic E-state index is 13.1. The number of nitrogens with one attached hydrogen (secondary N) is 1. The molecule has 3 aromatic rings. The van der Waals surface area contributed by atoms with Gasteiger partial charge in [-0.2, -0.15) is 5.10 Å². The molecule has 0 atom stereocenters. The van der Waals surface area contributed by atoms with E-state index in [0.29, 0.717) is 48.6 Å². The van der Waals surface area contributed by atoms with Gasteiger partial charge in [-0.3, -0.25) is 14.3 Å². The summed E-state index contributed by atoms with van der Waals surface area (Å²) in [6, 6.07) is 7.19. The van der Waals surface area contributed by atoms with Gasteiger partial charge in [-0.1, -0.05) is 26.0 Å². The van der Waals surface area contributed by atoms with Crippen molar-refractivity contribution in [3.8, 4) is 0 Å². The Hall–Kier alpha value is -3.00. The maximum absolute atomic E-state index is 13.1. The number of aromatic nitrogens is 4. The van der Waals surface area contributed by atoms with E-state index >= 15 is 0 Å². The number of aromatic amines is 1. The predicted molar refractivity (Wildman–Crippen MR) is 125 cm³/mol. The fourth-order valence-electron chi connectivity index (χ4n) is 3.89. The van der Waals surface area contributed by atoms with Gasteiger partial charge in [0.1, 0.15) is 5.82 Å². The van der Waals surface area contributed by atoms with Crippen LogP contribution in [0.15, 0.2) is 29.1 Å². The molecule has 1 N–H and O–H groups in total. The lowest BCUT2D eigenvalue weighted by molar-refractivity contribution is -0.132. The molecular weight excluding hydrogens is 406 g/mol. The molecule has 0 aliphatic carbocycles. The van der Waals surface area contributed by atoms with E-state index in [0.717, 1.165) is 23.5 Å². The van der Waals surface area contributed by atoms with Crippen molar-refractivity contribution in [2.45, 2.75) is 53.6 Å². The lowest BCUT2D eigenvalue weighted by atomic mass is 10.1. The normalized spacial score (nSPS) is 11.4. The smallest absolute Gasteiger partial charge is 0.258 e. The molecule has 0 spiro atoms. The Morgan fingerprint density at radius 3 is 2.72 bits per heavy atom. The number of ether oxygens (including phenoxy) is 1. The number of para-hydroxylation sites is 1. The minimum Gasteiger partial charge on any atom is -0.383 e. The first-order valence-corrected chi connectivity index (χ1v) is 11.1. The largest absolute Gasteiger partial charge is 0.383 e. The van der Waals surface area contributed by atoms with Crippen LogP contribution >= 0.6 is 0 Å². The molecule has 0 bridgehead atoms. The Bertz CT molecular complexity index is 1130. The molecule has 32 heavy (non-hydrogen) atoms. The van der Waals surface area contributed by atoms with Crippen LogP contribution in [0.4, 0.5) is 0 Å². The molecule has 0 saturated heterocycles. The average molecular weight is 440 g/mol. The van der Waals surface area contributed by atoms with Gasteiger partial charge >= 0.3 is 0 Å². The molecular formula is C24H33N5O3. The molecule has 8 nitrogen and oxygen atoms in total. The van der Waals surface area contributed by atoms with Crippen molar-refractivity contribution in [2.24, 2.45) is 5.92 Å². The van der Waals surface area contributed by atoms with Crippen LogP contribution in [0.25, 0.3) is 10.9 Å². The summed E-state index contributed by atoms with van der Waals surface area (Å²) in [7, 11) is 1.61. The van der Waals surface area contributed by atoms with Crippen LogP contribution < -0.4 is 5.56 Å². The minimum absolute atomic E-state index is 0.00623. The van der Waals surface area contributed by atoms with Crippen LogP contribution in [0.5, 0.6) is 0 Å². The molecule has 172 valence electrons. The fourth-order valence-corrected chi connectivity index (χ4v) is 3.89. The predicted octanol–water partition coefficient (Wildman–Crippen LogP) is 3.00. The molecule has 1 amide bonds. The van der Waals surface area contributed by atoms with Gasteiger partial charge in [-0.15, -0.1) is 0 Å². The number of fused-ring (bicyclic) bond motifs is 1. The summed E-state index contributed by atoms with van der Waals surface area (Å²) in [6.45, 7) is 10.3. The van der Waals surface area contributed by atoms with Gasteiger partial charge in [0.2, 0.25) is 5.91 Å². The van der Waals surface area contributed by atoms with E-state index in [4.69, 9.17) is 4.74 Å². The van der Waals surface area contributed by atoms with Gasteiger partial charge in [0.05, 0.1) is 29.7 Å². The molecule has 3 rings (SSSR count). The Labute approximate surface area is 188 Å². The SMILES string of the molecule is COCCN(Cc1nc2ccccc2c(=O)[nH]1)C(=O)CCc1c(C)nn(CC(C)C)c1C. The second kappa shape index (κ2) is 10.5. The van der Waals surface area contributed by atoms with Crippen LogP contribution in [0.3, 0.4) is 0 Å². The van der Waals surface area contributed by atoms with E-state index < -0.39 is 0 Å².